The molecule has 1 saturated carbocycles. The summed E-state index contributed by atoms with van der Waals surface area (Å²) in [5, 5.41) is 0. The summed E-state index contributed by atoms with van der Waals surface area (Å²) in [4.78, 5) is 0. The first-order valence-corrected chi connectivity index (χ1v) is 5.76. The van der Waals surface area contributed by atoms with Crippen molar-refractivity contribution in [3.05, 3.63) is 35.9 Å². The van der Waals surface area contributed by atoms with E-state index in [1.165, 1.54) is 5.56 Å². The minimum atomic E-state index is -0.0166. The maximum absolute atomic E-state index is 6.40. The van der Waals surface area contributed by atoms with Crippen molar-refractivity contribution in [3.63, 3.8) is 0 Å². The number of benzene rings is 1. The highest BCUT2D eigenvalue weighted by Gasteiger charge is 2.30. The highest BCUT2D eigenvalue weighted by molar-refractivity contribution is 5.85. The van der Waals surface area contributed by atoms with E-state index in [4.69, 9.17) is 11.5 Å². The zero-order chi connectivity index (χ0) is 10.7. The molecular weight excluding hydrogens is 255 g/mol. The molecule has 0 aliphatic heterocycles. The Morgan fingerprint density at radius 2 is 1.59 bits per heavy atom. The van der Waals surface area contributed by atoms with Crippen LogP contribution >= 0.6 is 24.8 Å². The van der Waals surface area contributed by atoms with E-state index >= 15 is 0 Å². The fourth-order valence-corrected chi connectivity index (χ4v) is 2.39. The molecule has 17 heavy (non-hydrogen) atoms. The predicted molar refractivity (Wildman–Crippen MR) is 78.0 cm³/mol. The Kier molecular flexibility index (Phi) is 7.10. The number of halogens is 2. The number of hydrogen-bond acceptors (Lipinski definition) is 2. The van der Waals surface area contributed by atoms with E-state index in [2.05, 4.69) is 24.3 Å². The van der Waals surface area contributed by atoms with Crippen molar-refractivity contribution in [2.24, 2.45) is 11.5 Å². The van der Waals surface area contributed by atoms with Gasteiger partial charge in [-0.3, -0.25) is 0 Å². The van der Waals surface area contributed by atoms with Crippen molar-refractivity contribution in [2.45, 2.75) is 43.7 Å². The van der Waals surface area contributed by atoms with Gasteiger partial charge in [-0.05, 0) is 37.7 Å². The summed E-state index contributed by atoms with van der Waals surface area (Å²) in [6, 6.07) is 10.9. The van der Waals surface area contributed by atoms with Crippen LogP contribution in [0.3, 0.4) is 0 Å². The monoisotopic (exact) mass is 276 g/mol. The molecule has 1 aliphatic rings. The molecule has 98 valence electrons. The van der Waals surface area contributed by atoms with Gasteiger partial charge in [-0.1, -0.05) is 30.3 Å². The van der Waals surface area contributed by atoms with Gasteiger partial charge in [0, 0.05) is 11.6 Å². The molecule has 4 heteroatoms. The SMILES string of the molecule is Cl.Cl.NC1CCC(N)(Cc2ccccc2)CC1. The normalized spacial score (nSPS) is 27.8. The first kappa shape index (κ1) is 16.7. The van der Waals surface area contributed by atoms with Crippen LogP contribution in [0.25, 0.3) is 0 Å². The Morgan fingerprint density at radius 1 is 1.06 bits per heavy atom. The van der Waals surface area contributed by atoms with Gasteiger partial charge in [0.05, 0.1) is 0 Å². The van der Waals surface area contributed by atoms with E-state index < -0.39 is 0 Å². The molecule has 0 amide bonds. The average Bonchev–Trinajstić information content (AvgIpc) is 2.24. The van der Waals surface area contributed by atoms with E-state index in [1.807, 2.05) is 6.07 Å². The molecule has 0 heterocycles. The van der Waals surface area contributed by atoms with E-state index in [0.717, 1.165) is 32.1 Å². The quantitative estimate of drug-likeness (QED) is 0.873. The molecule has 0 spiro atoms. The van der Waals surface area contributed by atoms with Gasteiger partial charge in [0.15, 0.2) is 0 Å². The van der Waals surface area contributed by atoms with Gasteiger partial charge in [-0.2, -0.15) is 0 Å². The summed E-state index contributed by atoms with van der Waals surface area (Å²) in [7, 11) is 0. The maximum atomic E-state index is 6.40. The largest absolute Gasteiger partial charge is 0.328 e. The average molecular weight is 277 g/mol. The predicted octanol–water partition coefficient (Wildman–Crippen LogP) is 2.67. The Bertz CT molecular complexity index is 308. The summed E-state index contributed by atoms with van der Waals surface area (Å²) >= 11 is 0. The van der Waals surface area contributed by atoms with Gasteiger partial charge in [0.2, 0.25) is 0 Å². The lowest BCUT2D eigenvalue weighted by Crippen LogP contribution is -2.47. The molecule has 0 radical (unpaired) electrons. The summed E-state index contributed by atoms with van der Waals surface area (Å²) in [6.45, 7) is 0. The summed E-state index contributed by atoms with van der Waals surface area (Å²) in [5.41, 5.74) is 13.6. The minimum Gasteiger partial charge on any atom is -0.328 e. The van der Waals surface area contributed by atoms with Crippen LogP contribution in [0.1, 0.15) is 31.2 Å². The first-order chi connectivity index (χ1) is 7.18. The highest BCUT2D eigenvalue weighted by atomic mass is 35.5. The van der Waals surface area contributed by atoms with Gasteiger partial charge < -0.3 is 11.5 Å². The number of nitrogens with two attached hydrogens (primary N) is 2. The van der Waals surface area contributed by atoms with Gasteiger partial charge in [-0.25, -0.2) is 0 Å². The van der Waals surface area contributed by atoms with Crippen molar-refractivity contribution < 1.29 is 0 Å². The van der Waals surface area contributed by atoms with Gasteiger partial charge in [0.25, 0.3) is 0 Å². The molecule has 1 aromatic carbocycles. The Morgan fingerprint density at radius 3 is 2.12 bits per heavy atom. The Labute approximate surface area is 116 Å². The number of hydrogen-bond donors (Lipinski definition) is 2. The lowest BCUT2D eigenvalue weighted by Gasteiger charge is -2.36. The smallest absolute Gasteiger partial charge is 0.0196 e. The lowest BCUT2D eigenvalue weighted by atomic mass is 9.77. The van der Waals surface area contributed by atoms with Crippen molar-refractivity contribution >= 4 is 24.8 Å². The van der Waals surface area contributed by atoms with Crippen LogP contribution in [0, 0.1) is 0 Å². The molecule has 0 bridgehead atoms. The van der Waals surface area contributed by atoms with Crippen LogP contribution in [0.15, 0.2) is 30.3 Å². The zero-order valence-corrected chi connectivity index (χ0v) is 11.6. The van der Waals surface area contributed by atoms with Crippen LogP contribution in [0.2, 0.25) is 0 Å². The van der Waals surface area contributed by atoms with Crippen molar-refractivity contribution in [2.75, 3.05) is 0 Å². The fraction of sp³-hybridized carbons (Fsp3) is 0.538. The Balaban J connectivity index is 0.00000128. The van der Waals surface area contributed by atoms with Gasteiger partial charge in [0.1, 0.15) is 0 Å². The molecule has 0 atom stereocenters. The van der Waals surface area contributed by atoms with E-state index in [-0.39, 0.29) is 30.4 Å². The van der Waals surface area contributed by atoms with Crippen molar-refractivity contribution in [1.29, 1.82) is 0 Å². The zero-order valence-electron chi connectivity index (χ0n) is 9.97. The van der Waals surface area contributed by atoms with Gasteiger partial charge >= 0.3 is 0 Å². The second-order valence-corrected chi connectivity index (χ2v) is 4.86. The molecule has 4 N–H and O–H groups in total. The number of rotatable bonds is 2. The molecule has 1 aromatic rings. The topological polar surface area (TPSA) is 52.0 Å². The second kappa shape index (κ2) is 7.22. The third-order valence-electron chi connectivity index (χ3n) is 3.43. The summed E-state index contributed by atoms with van der Waals surface area (Å²) < 4.78 is 0. The standard InChI is InChI=1S/C13H20N2.2ClH/c14-12-6-8-13(15,9-7-12)10-11-4-2-1-3-5-11;;/h1-5,12H,6-10,14-15H2;2*1H. The maximum Gasteiger partial charge on any atom is 0.0196 e. The van der Waals surface area contributed by atoms with E-state index in [9.17, 15) is 0 Å². The summed E-state index contributed by atoms with van der Waals surface area (Å²) in [5.74, 6) is 0. The van der Waals surface area contributed by atoms with Crippen LogP contribution in [-0.4, -0.2) is 11.6 Å². The molecule has 1 fully saturated rings. The first-order valence-electron chi connectivity index (χ1n) is 5.76. The van der Waals surface area contributed by atoms with Crippen LogP contribution in [0.5, 0.6) is 0 Å². The fourth-order valence-electron chi connectivity index (χ4n) is 2.39. The van der Waals surface area contributed by atoms with Crippen molar-refractivity contribution in [1.82, 2.24) is 0 Å². The van der Waals surface area contributed by atoms with Crippen LogP contribution in [-0.2, 0) is 6.42 Å². The second-order valence-electron chi connectivity index (χ2n) is 4.86. The lowest BCUT2D eigenvalue weighted by molar-refractivity contribution is 0.271. The molecule has 0 saturated heterocycles. The van der Waals surface area contributed by atoms with Crippen molar-refractivity contribution in [3.8, 4) is 0 Å². The molecular formula is C13H22Cl2N2. The molecule has 0 unspecified atom stereocenters. The van der Waals surface area contributed by atoms with E-state index in [0.29, 0.717) is 6.04 Å². The molecule has 0 aromatic heterocycles. The molecule has 2 rings (SSSR count). The van der Waals surface area contributed by atoms with Crippen LogP contribution in [0.4, 0.5) is 0 Å². The highest BCUT2D eigenvalue weighted by Crippen LogP contribution is 2.28. The van der Waals surface area contributed by atoms with Crippen LogP contribution < -0.4 is 11.5 Å². The summed E-state index contributed by atoms with van der Waals surface area (Å²) in [6.07, 6.45) is 5.25. The Hall–Kier alpha value is -0.280. The third-order valence-corrected chi connectivity index (χ3v) is 3.43. The molecule has 2 nitrogen and oxygen atoms in total. The van der Waals surface area contributed by atoms with E-state index in [1.54, 1.807) is 0 Å². The molecule has 1 aliphatic carbocycles. The third kappa shape index (κ3) is 4.84. The van der Waals surface area contributed by atoms with Gasteiger partial charge in [-0.15, -0.1) is 24.8 Å². The minimum absolute atomic E-state index is 0.